The lowest BCUT2D eigenvalue weighted by atomic mass is 10.1. The first-order chi connectivity index (χ1) is 7.83. The first-order valence-corrected chi connectivity index (χ1v) is 5.20. The summed E-state index contributed by atoms with van der Waals surface area (Å²) in [4.78, 5) is 0. The predicted octanol–water partition coefficient (Wildman–Crippen LogP) is 4.03. The van der Waals surface area contributed by atoms with E-state index < -0.39 is 0 Å². The van der Waals surface area contributed by atoms with Crippen molar-refractivity contribution in [3.63, 3.8) is 0 Å². The van der Waals surface area contributed by atoms with Crippen LogP contribution in [-0.2, 0) is 0 Å². The monoisotopic (exact) mass is 206 g/mol. The molecule has 4 bridgehead atoms. The van der Waals surface area contributed by atoms with Crippen LogP contribution in [0.4, 0.5) is 11.4 Å². The largest absolute Gasteiger partial charge is 0.493 e. The molecule has 0 fully saturated rings. The molecule has 0 N–H and O–H groups in total. The minimum absolute atomic E-state index is 0.770. The molecule has 4 aliphatic heterocycles. The van der Waals surface area contributed by atoms with E-state index in [1.165, 1.54) is 4.70 Å². The zero-order valence-electron chi connectivity index (χ0n) is 8.67. The van der Waals surface area contributed by atoms with E-state index in [9.17, 15) is 5.53 Å². The third-order valence-electron chi connectivity index (χ3n) is 2.74. The Kier molecular flexibility index (Phi) is 1.93. The van der Waals surface area contributed by atoms with E-state index in [-0.39, 0.29) is 0 Å². The van der Waals surface area contributed by atoms with Crippen molar-refractivity contribution in [3.05, 3.63) is 65.2 Å². The molecule has 2 aromatic rings. The van der Waals surface area contributed by atoms with Gasteiger partial charge in [0.05, 0.1) is 0 Å². The van der Waals surface area contributed by atoms with Crippen LogP contribution in [0.25, 0.3) is 17.7 Å². The second kappa shape index (κ2) is 3.42. The smallest absolute Gasteiger partial charge is 0.199 e. The summed E-state index contributed by atoms with van der Waals surface area (Å²) in [5, 5.41) is 0. The van der Waals surface area contributed by atoms with E-state index >= 15 is 0 Å². The van der Waals surface area contributed by atoms with Gasteiger partial charge >= 0.3 is 0 Å². The Morgan fingerprint density at radius 2 is 1.00 bits per heavy atom. The van der Waals surface area contributed by atoms with Gasteiger partial charge in [-0.3, -0.25) is 0 Å². The molecule has 76 valence electrons. The summed E-state index contributed by atoms with van der Waals surface area (Å²) in [7, 11) is 0. The van der Waals surface area contributed by atoms with E-state index in [1.807, 2.05) is 48.5 Å². The molecule has 0 saturated heterocycles. The molecule has 2 aromatic carbocycles. The second-order valence-electron chi connectivity index (χ2n) is 3.83. The molecule has 4 aliphatic rings. The minimum Gasteiger partial charge on any atom is -0.493 e. The van der Waals surface area contributed by atoms with Crippen molar-refractivity contribution in [3.8, 4) is 0 Å². The Labute approximate surface area is 94.0 Å². The topological polar surface area (TPSA) is 25.3 Å². The Morgan fingerprint density at radius 1 is 0.625 bits per heavy atom. The lowest BCUT2D eigenvalue weighted by Gasteiger charge is -2.05. The van der Waals surface area contributed by atoms with Crippen molar-refractivity contribution in [1.82, 2.24) is 4.70 Å². The number of hydrogen-bond acceptors (Lipinski definition) is 0. The molecule has 0 saturated carbocycles. The average Bonchev–Trinajstić information content (AvgIpc) is 2.43. The molecule has 0 spiro atoms. The Bertz CT molecular complexity index is 511. The summed E-state index contributed by atoms with van der Waals surface area (Å²) in [6, 6.07) is 15.5. The summed E-state index contributed by atoms with van der Waals surface area (Å²) in [6.07, 6.45) is 4.12. The van der Waals surface area contributed by atoms with Crippen LogP contribution < -0.4 is 4.70 Å². The van der Waals surface area contributed by atoms with Gasteiger partial charge in [0.15, 0.2) is 11.4 Å². The predicted molar refractivity (Wildman–Crippen MR) is 66.6 cm³/mol. The lowest BCUT2D eigenvalue weighted by Crippen LogP contribution is -1.96. The zero-order valence-corrected chi connectivity index (χ0v) is 8.67. The van der Waals surface area contributed by atoms with E-state index in [0.717, 1.165) is 22.5 Å². The van der Waals surface area contributed by atoms with Crippen molar-refractivity contribution in [2.45, 2.75) is 0 Å². The quantitative estimate of drug-likeness (QED) is 0.496. The molecule has 0 aromatic heterocycles. The van der Waals surface area contributed by atoms with E-state index in [4.69, 9.17) is 0 Å². The van der Waals surface area contributed by atoms with Crippen LogP contribution in [0.2, 0.25) is 0 Å². The van der Waals surface area contributed by atoms with Crippen LogP contribution in [0.5, 0.6) is 0 Å². The number of hydrogen-bond donors (Lipinski definition) is 0. The van der Waals surface area contributed by atoms with Crippen LogP contribution in [0.1, 0.15) is 11.1 Å². The summed E-state index contributed by atoms with van der Waals surface area (Å²) in [5.74, 6) is 0. The van der Waals surface area contributed by atoms with Crippen molar-refractivity contribution >= 4 is 23.5 Å². The molecule has 6 rings (SSSR count). The molecule has 2 nitrogen and oxygen atoms in total. The third-order valence-corrected chi connectivity index (χ3v) is 2.74. The van der Waals surface area contributed by atoms with Gasteiger partial charge in [0.2, 0.25) is 0 Å². The molecule has 0 amide bonds. The maximum atomic E-state index is 10.0. The van der Waals surface area contributed by atoms with E-state index in [2.05, 4.69) is 12.2 Å². The average molecular weight is 206 g/mol. The standard InChI is InChI=1S/C14H10N2/c15-16-13-7-3-11(4-8-13)1-2-12-5-9-14(16)10-6-12/h1-10H/b2-1+. The van der Waals surface area contributed by atoms with Crippen LogP contribution >= 0.6 is 0 Å². The van der Waals surface area contributed by atoms with Crippen molar-refractivity contribution in [2.24, 2.45) is 0 Å². The van der Waals surface area contributed by atoms with Crippen LogP contribution in [-0.4, -0.2) is 0 Å². The minimum atomic E-state index is 0.770. The number of rotatable bonds is 0. The highest BCUT2D eigenvalue weighted by molar-refractivity contribution is 5.72. The maximum absolute atomic E-state index is 10.0. The number of benzene rings is 2. The molecule has 0 atom stereocenters. The van der Waals surface area contributed by atoms with E-state index in [1.54, 1.807) is 0 Å². The van der Waals surface area contributed by atoms with Gasteiger partial charge in [0, 0.05) is 24.3 Å². The molecule has 0 unspecified atom stereocenters. The van der Waals surface area contributed by atoms with Gasteiger partial charge in [-0.25, -0.2) is 4.70 Å². The molecule has 16 heavy (non-hydrogen) atoms. The molecule has 0 aliphatic carbocycles. The lowest BCUT2D eigenvalue weighted by molar-refractivity contribution is 1.05. The van der Waals surface area contributed by atoms with Crippen molar-refractivity contribution in [2.75, 3.05) is 0 Å². The molecule has 2 heteroatoms. The molecule has 0 radical (unpaired) electrons. The summed E-state index contributed by atoms with van der Waals surface area (Å²) >= 11 is 0. The first kappa shape index (κ1) is 9.04. The van der Waals surface area contributed by atoms with Gasteiger partial charge in [-0.2, -0.15) is 0 Å². The maximum Gasteiger partial charge on any atom is 0.199 e. The van der Waals surface area contributed by atoms with Gasteiger partial charge in [-0.15, -0.1) is 0 Å². The van der Waals surface area contributed by atoms with Gasteiger partial charge in [0.25, 0.3) is 0 Å². The highest BCUT2D eigenvalue weighted by Gasteiger charge is 2.07. The van der Waals surface area contributed by atoms with Gasteiger partial charge in [-0.1, -0.05) is 12.2 Å². The SMILES string of the molecule is [N-]=[N+]1c2ccc(cc2)/C=C/c2ccc1cc2. The fraction of sp³-hybridized carbons (Fsp3) is 0. The molecular formula is C14H10N2. The first-order valence-electron chi connectivity index (χ1n) is 5.20. The fourth-order valence-electron chi connectivity index (χ4n) is 1.79. The van der Waals surface area contributed by atoms with Gasteiger partial charge < -0.3 is 5.53 Å². The van der Waals surface area contributed by atoms with Crippen LogP contribution in [0.3, 0.4) is 0 Å². The summed E-state index contributed by atoms with van der Waals surface area (Å²) in [5.41, 5.74) is 13.8. The van der Waals surface area contributed by atoms with Crippen LogP contribution in [0.15, 0.2) is 48.5 Å². The van der Waals surface area contributed by atoms with Gasteiger partial charge in [0.1, 0.15) is 0 Å². The third kappa shape index (κ3) is 1.44. The highest BCUT2D eigenvalue weighted by Crippen LogP contribution is 2.23. The molecular weight excluding hydrogens is 196 g/mol. The van der Waals surface area contributed by atoms with E-state index in [0.29, 0.717) is 0 Å². The Balaban J connectivity index is 2.28. The summed E-state index contributed by atoms with van der Waals surface area (Å²) < 4.78 is 1.19. The number of nitrogens with zero attached hydrogens (tertiary/aromatic N) is 2. The second-order valence-corrected chi connectivity index (χ2v) is 3.83. The van der Waals surface area contributed by atoms with Gasteiger partial charge in [-0.05, 0) is 35.4 Å². The highest BCUT2D eigenvalue weighted by atomic mass is 15.2. The summed E-state index contributed by atoms with van der Waals surface area (Å²) in [6.45, 7) is 0. The Hall–Kier alpha value is -2.22. The normalized spacial score (nSPS) is 14.9. The molecule has 4 heterocycles. The fourth-order valence-corrected chi connectivity index (χ4v) is 1.79. The zero-order chi connectivity index (χ0) is 11.0. The van der Waals surface area contributed by atoms with Crippen molar-refractivity contribution < 1.29 is 0 Å². The van der Waals surface area contributed by atoms with Crippen LogP contribution in [0, 0.1) is 0 Å². The van der Waals surface area contributed by atoms with Crippen molar-refractivity contribution in [1.29, 1.82) is 0 Å². The Morgan fingerprint density at radius 3 is 1.38 bits per heavy atom.